The van der Waals surface area contributed by atoms with Crippen LogP contribution in [0.3, 0.4) is 0 Å². The van der Waals surface area contributed by atoms with Crippen molar-refractivity contribution in [3.63, 3.8) is 0 Å². The van der Waals surface area contributed by atoms with E-state index in [0.717, 1.165) is 44.9 Å². The van der Waals surface area contributed by atoms with E-state index >= 15 is 0 Å². The molecule has 0 rings (SSSR count). The molecule has 0 unspecified atom stereocenters. The van der Waals surface area contributed by atoms with E-state index in [2.05, 4.69) is 42.8 Å². The lowest BCUT2D eigenvalue weighted by molar-refractivity contribution is -0.137. The maximum absolute atomic E-state index is 10.3. The van der Waals surface area contributed by atoms with Crippen LogP contribution < -0.4 is 0 Å². The Bertz CT molecular complexity index is 385. The van der Waals surface area contributed by atoms with Gasteiger partial charge in [-0.25, -0.2) is 0 Å². The molecule has 110 valence electrons. The third-order valence-corrected chi connectivity index (χ3v) is 2.76. The summed E-state index contributed by atoms with van der Waals surface area (Å²) in [4.78, 5) is 10.3. The summed E-state index contributed by atoms with van der Waals surface area (Å²) in [7, 11) is 0. The van der Waals surface area contributed by atoms with Gasteiger partial charge in [-0.05, 0) is 37.5 Å². The molecule has 0 aliphatic rings. The lowest BCUT2D eigenvalue weighted by Crippen LogP contribution is -1.93. The summed E-state index contributed by atoms with van der Waals surface area (Å²) in [5.41, 5.74) is 0. The van der Waals surface area contributed by atoms with Crippen LogP contribution in [0.2, 0.25) is 0 Å². The molecule has 0 aromatic carbocycles. The van der Waals surface area contributed by atoms with Gasteiger partial charge in [-0.3, -0.25) is 4.79 Å². The number of carboxylic acid groups (broad SMARTS) is 1. The fourth-order valence-corrected chi connectivity index (χ4v) is 1.66. The second kappa shape index (κ2) is 15.4. The molecule has 0 atom stereocenters. The summed E-state index contributed by atoms with van der Waals surface area (Å²) >= 11 is 0. The highest BCUT2D eigenvalue weighted by Crippen LogP contribution is 2.07. The Morgan fingerprint density at radius 1 is 1.00 bits per heavy atom. The van der Waals surface area contributed by atoms with Crippen LogP contribution in [-0.4, -0.2) is 11.1 Å². The molecule has 0 spiro atoms. The minimum absolute atomic E-state index is 0.305. The maximum Gasteiger partial charge on any atom is 0.303 e. The van der Waals surface area contributed by atoms with E-state index in [1.165, 1.54) is 12.8 Å². The lowest BCUT2D eigenvalue weighted by atomic mass is 10.1. The standard InChI is InChI=1S/C18H26O2/c1-2-3-4-5-6-7-8-9-10-11-12-13-14-15-16-17-18(19)20/h9-10H,2-3,8,11-17H2,1H3,(H,19,20)/b10-9+. The Labute approximate surface area is 123 Å². The summed E-state index contributed by atoms with van der Waals surface area (Å²) in [5, 5.41) is 8.49. The van der Waals surface area contributed by atoms with Crippen molar-refractivity contribution in [2.45, 2.75) is 71.1 Å². The predicted molar refractivity (Wildman–Crippen MR) is 84.2 cm³/mol. The Hall–Kier alpha value is -1.67. The van der Waals surface area contributed by atoms with Crippen molar-refractivity contribution in [2.75, 3.05) is 0 Å². The molecular weight excluding hydrogens is 248 g/mol. The van der Waals surface area contributed by atoms with Crippen LogP contribution >= 0.6 is 0 Å². The van der Waals surface area contributed by atoms with Crippen molar-refractivity contribution in [1.82, 2.24) is 0 Å². The molecule has 0 aromatic rings. The van der Waals surface area contributed by atoms with Crippen molar-refractivity contribution < 1.29 is 9.90 Å². The summed E-state index contributed by atoms with van der Waals surface area (Å²) in [6.07, 6.45) is 13.8. The van der Waals surface area contributed by atoms with Crippen molar-refractivity contribution in [3.05, 3.63) is 12.2 Å². The van der Waals surface area contributed by atoms with E-state index in [9.17, 15) is 4.79 Å². The zero-order valence-corrected chi connectivity index (χ0v) is 12.6. The van der Waals surface area contributed by atoms with Crippen molar-refractivity contribution in [3.8, 4) is 23.7 Å². The Morgan fingerprint density at radius 3 is 2.45 bits per heavy atom. The monoisotopic (exact) mass is 274 g/mol. The zero-order chi connectivity index (χ0) is 14.9. The molecular formula is C18H26O2. The predicted octanol–water partition coefficient (Wildman–Crippen LogP) is 4.55. The first-order valence-corrected chi connectivity index (χ1v) is 7.60. The topological polar surface area (TPSA) is 37.3 Å². The minimum atomic E-state index is -0.687. The van der Waals surface area contributed by atoms with E-state index in [0.29, 0.717) is 6.42 Å². The Balaban J connectivity index is 3.32. The lowest BCUT2D eigenvalue weighted by Gasteiger charge is -1.97. The van der Waals surface area contributed by atoms with Gasteiger partial charge in [0.25, 0.3) is 0 Å². The molecule has 0 bridgehead atoms. The van der Waals surface area contributed by atoms with Gasteiger partial charge in [-0.15, -0.1) is 0 Å². The quantitative estimate of drug-likeness (QED) is 0.360. The second-order valence-corrected chi connectivity index (χ2v) is 4.73. The third-order valence-electron chi connectivity index (χ3n) is 2.76. The van der Waals surface area contributed by atoms with Crippen LogP contribution in [0.25, 0.3) is 0 Å². The van der Waals surface area contributed by atoms with Crippen LogP contribution in [0.1, 0.15) is 71.1 Å². The average Bonchev–Trinajstić information content (AvgIpc) is 2.43. The fourth-order valence-electron chi connectivity index (χ4n) is 1.66. The first-order valence-electron chi connectivity index (χ1n) is 7.60. The van der Waals surface area contributed by atoms with Gasteiger partial charge in [0.05, 0.1) is 0 Å². The van der Waals surface area contributed by atoms with E-state index < -0.39 is 5.97 Å². The van der Waals surface area contributed by atoms with Gasteiger partial charge < -0.3 is 5.11 Å². The SMILES string of the molecule is CCCC#CC#CC/C=C/CCCCCCCC(=O)O. The van der Waals surface area contributed by atoms with Crippen molar-refractivity contribution >= 4 is 5.97 Å². The number of hydrogen-bond acceptors (Lipinski definition) is 1. The summed E-state index contributed by atoms with van der Waals surface area (Å²) in [6, 6.07) is 0. The van der Waals surface area contributed by atoms with Crippen molar-refractivity contribution in [2.24, 2.45) is 0 Å². The first kappa shape index (κ1) is 18.3. The molecule has 0 amide bonds. The van der Waals surface area contributed by atoms with Crippen LogP contribution in [-0.2, 0) is 4.79 Å². The third kappa shape index (κ3) is 16.3. The molecule has 20 heavy (non-hydrogen) atoms. The van der Waals surface area contributed by atoms with Crippen molar-refractivity contribution in [1.29, 1.82) is 0 Å². The Kier molecular flexibility index (Phi) is 14.1. The molecule has 0 aliphatic carbocycles. The maximum atomic E-state index is 10.3. The second-order valence-electron chi connectivity index (χ2n) is 4.73. The van der Waals surface area contributed by atoms with Crippen LogP contribution in [0.15, 0.2) is 12.2 Å². The minimum Gasteiger partial charge on any atom is -0.481 e. The van der Waals surface area contributed by atoms with E-state index in [1.807, 2.05) is 0 Å². The molecule has 2 nitrogen and oxygen atoms in total. The van der Waals surface area contributed by atoms with Crippen LogP contribution in [0.4, 0.5) is 0 Å². The van der Waals surface area contributed by atoms with Gasteiger partial charge >= 0.3 is 5.97 Å². The van der Waals surface area contributed by atoms with Gasteiger partial charge in [-0.2, -0.15) is 0 Å². The summed E-state index contributed by atoms with van der Waals surface area (Å²) < 4.78 is 0. The number of rotatable bonds is 10. The molecule has 0 aromatic heterocycles. The van der Waals surface area contributed by atoms with Gasteiger partial charge in [0, 0.05) is 19.3 Å². The molecule has 0 radical (unpaired) electrons. The summed E-state index contributed by atoms with van der Waals surface area (Å²) in [5.74, 6) is 11.0. The highest BCUT2D eigenvalue weighted by Gasteiger charge is 1.95. The normalized spacial score (nSPS) is 9.65. The molecule has 2 heteroatoms. The van der Waals surface area contributed by atoms with Crippen LogP contribution in [0, 0.1) is 23.7 Å². The molecule has 1 N–H and O–H groups in total. The van der Waals surface area contributed by atoms with Gasteiger partial charge in [-0.1, -0.05) is 50.2 Å². The van der Waals surface area contributed by atoms with E-state index in [-0.39, 0.29) is 0 Å². The highest BCUT2D eigenvalue weighted by atomic mass is 16.4. The van der Waals surface area contributed by atoms with Crippen LogP contribution in [0.5, 0.6) is 0 Å². The molecule has 0 aliphatic heterocycles. The number of carbonyl (C=O) groups is 1. The first-order chi connectivity index (χ1) is 9.77. The van der Waals surface area contributed by atoms with Gasteiger partial charge in [0.2, 0.25) is 0 Å². The highest BCUT2D eigenvalue weighted by molar-refractivity contribution is 5.66. The zero-order valence-electron chi connectivity index (χ0n) is 12.6. The number of hydrogen-bond donors (Lipinski definition) is 1. The van der Waals surface area contributed by atoms with E-state index in [1.54, 1.807) is 0 Å². The summed E-state index contributed by atoms with van der Waals surface area (Å²) in [6.45, 7) is 2.11. The molecule has 0 fully saturated rings. The van der Waals surface area contributed by atoms with Gasteiger partial charge in [0.15, 0.2) is 0 Å². The largest absolute Gasteiger partial charge is 0.481 e. The number of unbranched alkanes of at least 4 members (excludes halogenated alkanes) is 6. The molecule has 0 heterocycles. The number of aliphatic carboxylic acids is 1. The van der Waals surface area contributed by atoms with E-state index in [4.69, 9.17) is 5.11 Å². The average molecular weight is 274 g/mol. The molecule has 0 saturated heterocycles. The fraction of sp³-hybridized carbons (Fsp3) is 0.611. The molecule has 0 saturated carbocycles. The van der Waals surface area contributed by atoms with Gasteiger partial charge in [0.1, 0.15) is 0 Å². The number of carboxylic acids is 1. The Morgan fingerprint density at radius 2 is 1.70 bits per heavy atom. The smallest absolute Gasteiger partial charge is 0.303 e. The number of allylic oxidation sites excluding steroid dienone is 2.